The molecule has 2 aromatic heterocycles. The van der Waals surface area contributed by atoms with Gasteiger partial charge in [0.25, 0.3) is 0 Å². The number of aromatic nitrogens is 2. The SMILES string of the molecule is CN(C)c1cc(-c2csc(NC(=O)Cc3ccccc3Cl)n2)ccn1. The summed E-state index contributed by atoms with van der Waals surface area (Å²) < 4.78 is 0. The standard InChI is InChI=1S/C18H17ClN4OS/c1-23(2)16-9-13(7-8-20-16)15-11-25-18(21-15)22-17(24)10-12-5-3-4-6-14(12)19/h3-9,11H,10H2,1-2H3,(H,21,22,24). The van der Waals surface area contributed by atoms with Crippen molar-refractivity contribution < 1.29 is 4.79 Å². The minimum absolute atomic E-state index is 0.141. The van der Waals surface area contributed by atoms with Gasteiger partial charge < -0.3 is 10.2 Å². The summed E-state index contributed by atoms with van der Waals surface area (Å²) in [7, 11) is 3.88. The van der Waals surface area contributed by atoms with E-state index in [2.05, 4.69) is 15.3 Å². The predicted molar refractivity (Wildman–Crippen MR) is 103 cm³/mol. The maximum Gasteiger partial charge on any atom is 0.230 e. The number of halogens is 1. The molecule has 0 bridgehead atoms. The van der Waals surface area contributed by atoms with Crippen LogP contribution in [0.4, 0.5) is 10.9 Å². The molecule has 0 aliphatic rings. The van der Waals surface area contributed by atoms with Gasteiger partial charge in [0.1, 0.15) is 5.82 Å². The van der Waals surface area contributed by atoms with Gasteiger partial charge in [-0.2, -0.15) is 0 Å². The van der Waals surface area contributed by atoms with Crippen LogP contribution < -0.4 is 10.2 Å². The predicted octanol–water partition coefficient (Wildman–Crippen LogP) is 4.11. The van der Waals surface area contributed by atoms with Crippen LogP contribution in [0.5, 0.6) is 0 Å². The third-order valence-electron chi connectivity index (χ3n) is 3.56. The van der Waals surface area contributed by atoms with E-state index >= 15 is 0 Å². The Balaban J connectivity index is 1.70. The number of anilines is 2. The van der Waals surface area contributed by atoms with Crippen molar-refractivity contribution in [1.82, 2.24) is 9.97 Å². The molecule has 3 aromatic rings. The molecular formula is C18H17ClN4OS. The van der Waals surface area contributed by atoms with E-state index in [4.69, 9.17) is 11.6 Å². The number of benzene rings is 1. The molecule has 0 saturated carbocycles. The van der Waals surface area contributed by atoms with E-state index < -0.39 is 0 Å². The lowest BCUT2D eigenvalue weighted by Crippen LogP contribution is -2.14. The molecule has 0 saturated heterocycles. The first-order valence-electron chi connectivity index (χ1n) is 7.65. The maximum atomic E-state index is 12.2. The highest BCUT2D eigenvalue weighted by Crippen LogP contribution is 2.26. The van der Waals surface area contributed by atoms with Crippen molar-refractivity contribution >= 4 is 39.8 Å². The average Bonchev–Trinajstić information content (AvgIpc) is 3.05. The summed E-state index contributed by atoms with van der Waals surface area (Å²) in [6.07, 6.45) is 1.97. The van der Waals surface area contributed by atoms with Crippen LogP contribution in [0.2, 0.25) is 5.02 Å². The van der Waals surface area contributed by atoms with Gasteiger partial charge in [0, 0.05) is 36.3 Å². The van der Waals surface area contributed by atoms with E-state index in [0.717, 1.165) is 22.6 Å². The number of carbonyl (C=O) groups is 1. The van der Waals surface area contributed by atoms with Crippen molar-refractivity contribution in [3.63, 3.8) is 0 Å². The van der Waals surface area contributed by atoms with Crippen LogP contribution in [0, 0.1) is 0 Å². The Morgan fingerprint density at radius 2 is 2.08 bits per heavy atom. The molecule has 0 radical (unpaired) electrons. The first-order chi connectivity index (χ1) is 12.0. The van der Waals surface area contributed by atoms with Crippen molar-refractivity contribution in [2.45, 2.75) is 6.42 Å². The Morgan fingerprint density at radius 1 is 1.28 bits per heavy atom. The van der Waals surface area contributed by atoms with E-state index in [1.807, 2.05) is 54.7 Å². The first kappa shape index (κ1) is 17.4. The molecule has 0 aliphatic carbocycles. The third-order valence-corrected chi connectivity index (χ3v) is 4.69. The summed E-state index contributed by atoms with van der Waals surface area (Å²) in [5.74, 6) is 0.715. The number of thiazole rings is 1. The molecule has 1 N–H and O–H groups in total. The van der Waals surface area contributed by atoms with Crippen LogP contribution in [0.1, 0.15) is 5.56 Å². The Bertz CT molecular complexity index is 894. The topological polar surface area (TPSA) is 58.1 Å². The van der Waals surface area contributed by atoms with Gasteiger partial charge >= 0.3 is 0 Å². The second-order valence-corrected chi connectivity index (χ2v) is 6.92. The minimum Gasteiger partial charge on any atom is -0.363 e. The van der Waals surface area contributed by atoms with Gasteiger partial charge in [-0.15, -0.1) is 11.3 Å². The van der Waals surface area contributed by atoms with Crippen molar-refractivity contribution in [3.8, 4) is 11.3 Å². The van der Waals surface area contributed by atoms with Gasteiger partial charge in [-0.1, -0.05) is 29.8 Å². The molecule has 0 fully saturated rings. The van der Waals surface area contributed by atoms with Crippen molar-refractivity contribution in [1.29, 1.82) is 0 Å². The summed E-state index contributed by atoms with van der Waals surface area (Å²) in [6, 6.07) is 11.2. The molecule has 0 unspecified atom stereocenters. The number of nitrogens with one attached hydrogen (secondary N) is 1. The second-order valence-electron chi connectivity index (χ2n) is 5.65. The highest BCUT2D eigenvalue weighted by atomic mass is 35.5. The Morgan fingerprint density at radius 3 is 2.84 bits per heavy atom. The van der Waals surface area contributed by atoms with E-state index in [1.54, 1.807) is 12.3 Å². The molecule has 1 amide bonds. The molecule has 0 atom stereocenters. The Labute approximate surface area is 155 Å². The van der Waals surface area contributed by atoms with Gasteiger partial charge in [0.05, 0.1) is 12.1 Å². The molecule has 1 aromatic carbocycles. The lowest BCUT2D eigenvalue weighted by atomic mass is 10.1. The van der Waals surface area contributed by atoms with Crippen LogP contribution in [0.3, 0.4) is 0 Å². The van der Waals surface area contributed by atoms with Gasteiger partial charge in [0.15, 0.2) is 5.13 Å². The number of pyridine rings is 1. The maximum absolute atomic E-state index is 12.2. The minimum atomic E-state index is -0.141. The highest BCUT2D eigenvalue weighted by Gasteiger charge is 2.11. The Kier molecular flexibility index (Phi) is 5.31. The van der Waals surface area contributed by atoms with Gasteiger partial charge in [0.2, 0.25) is 5.91 Å². The number of hydrogen-bond acceptors (Lipinski definition) is 5. The number of rotatable bonds is 5. The second kappa shape index (κ2) is 7.63. The Hall–Kier alpha value is -2.44. The lowest BCUT2D eigenvalue weighted by molar-refractivity contribution is -0.115. The normalized spacial score (nSPS) is 10.5. The summed E-state index contributed by atoms with van der Waals surface area (Å²) >= 11 is 7.48. The summed E-state index contributed by atoms with van der Waals surface area (Å²) in [4.78, 5) is 22.9. The molecular weight excluding hydrogens is 356 g/mol. The molecule has 128 valence electrons. The summed E-state index contributed by atoms with van der Waals surface area (Å²) in [5.41, 5.74) is 2.56. The zero-order valence-corrected chi connectivity index (χ0v) is 15.4. The molecule has 7 heteroatoms. The van der Waals surface area contributed by atoms with E-state index in [-0.39, 0.29) is 12.3 Å². The zero-order chi connectivity index (χ0) is 17.8. The van der Waals surface area contributed by atoms with Gasteiger partial charge in [-0.25, -0.2) is 9.97 Å². The fraction of sp³-hybridized carbons (Fsp3) is 0.167. The molecule has 5 nitrogen and oxygen atoms in total. The molecule has 0 aliphatic heterocycles. The van der Waals surface area contributed by atoms with Crippen LogP contribution in [0.25, 0.3) is 11.3 Å². The molecule has 25 heavy (non-hydrogen) atoms. The molecule has 2 heterocycles. The number of carbonyl (C=O) groups excluding carboxylic acids is 1. The quantitative estimate of drug-likeness (QED) is 0.732. The zero-order valence-electron chi connectivity index (χ0n) is 13.9. The van der Waals surface area contributed by atoms with Gasteiger partial charge in [-0.3, -0.25) is 4.79 Å². The van der Waals surface area contributed by atoms with Crippen molar-refractivity contribution in [2.75, 3.05) is 24.3 Å². The van der Waals surface area contributed by atoms with Crippen molar-refractivity contribution in [3.05, 3.63) is 58.6 Å². The van der Waals surface area contributed by atoms with Crippen LogP contribution in [-0.4, -0.2) is 30.0 Å². The van der Waals surface area contributed by atoms with E-state index in [1.165, 1.54) is 11.3 Å². The summed E-state index contributed by atoms with van der Waals surface area (Å²) in [5, 5.41) is 5.90. The number of amides is 1. The van der Waals surface area contributed by atoms with E-state index in [0.29, 0.717) is 10.2 Å². The van der Waals surface area contributed by atoms with Gasteiger partial charge in [-0.05, 0) is 23.8 Å². The number of nitrogens with zero attached hydrogens (tertiary/aromatic N) is 3. The molecule has 0 spiro atoms. The van der Waals surface area contributed by atoms with Crippen LogP contribution >= 0.6 is 22.9 Å². The van der Waals surface area contributed by atoms with Crippen LogP contribution in [0.15, 0.2) is 48.0 Å². The average molecular weight is 373 g/mol. The first-order valence-corrected chi connectivity index (χ1v) is 8.91. The highest BCUT2D eigenvalue weighted by molar-refractivity contribution is 7.14. The molecule has 3 rings (SSSR count). The van der Waals surface area contributed by atoms with Crippen molar-refractivity contribution in [2.24, 2.45) is 0 Å². The smallest absolute Gasteiger partial charge is 0.230 e. The van der Waals surface area contributed by atoms with Crippen LogP contribution in [-0.2, 0) is 11.2 Å². The fourth-order valence-corrected chi connectivity index (χ4v) is 3.20. The van der Waals surface area contributed by atoms with E-state index in [9.17, 15) is 4.79 Å². The monoisotopic (exact) mass is 372 g/mol. The fourth-order valence-electron chi connectivity index (χ4n) is 2.26. The lowest BCUT2D eigenvalue weighted by Gasteiger charge is -2.11. The third kappa shape index (κ3) is 4.35. The largest absolute Gasteiger partial charge is 0.363 e. The summed E-state index contributed by atoms with van der Waals surface area (Å²) in [6.45, 7) is 0. The number of hydrogen-bond donors (Lipinski definition) is 1.